The monoisotopic (exact) mass is 404 g/mol. The quantitative estimate of drug-likeness (QED) is 0.644. The van der Waals surface area contributed by atoms with E-state index in [0.717, 1.165) is 62.0 Å². The van der Waals surface area contributed by atoms with Gasteiger partial charge < -0.3 is 4.90 Å². The highest BCUT2D eigenvalue weighted by Gasteiger charge is 2.20. The molecule has 0 saturated carbocycles. The Kier molecular flexibility index (Phi) is 5.59. The molecule has 4 rings (SSSR count). The van der Waals surface area contributed by atoms with Gasteiger partial charge in [-0.15, -0.1) is 0 Å². The van der Waals surface area contributed by atoms with Crippen LogP contribution in [-0.2, 0) is 6.42 Å². The number of hydrogen-bond donors (Lipinski definition) is 0. The molecule has 4 nitrogen and oxygen atoms in total. The first-order valence-corrected chi connectivity index (χ1v) is 9.87. The number of halogens is 3. The van der Waals surface area contributed by atoms with Gasteiger partial charge in [0, 0.05) is 49.8 Å². The molecule has 0 spiro atoms. The Morgan fingerprint density at radius 2 is 1.64 bits per heavy atom. The zero-order chi connectivity index (χ0) is 19.5. The Hall–Kier alpha value is -2.45. The predicted molar refractivity (Wildman–Crippen MR) is 104 cm³/mol. The fourth-order valence-electron chi connectivity index (χ4n) is 3.20. The van der Waals surface area contributed by atoms with Gasteiger partial charge in [0.1, 0.15) is 5.82 Å². The van der Waals surface area contributed by atoms with Crippen molar-refractivity contribution in [2.45, 2.75) is 6.42 Å². The zero-order valence-corrected chi connectivity index (χ0v) is 15.9. The van der Waals surface area contributed by atoms with E-state index in [1.54, 1.807) is 0 Å². The first-order valence-electron chi connectivity index (χ1n) is 9.09. The van der Waals surface area contributed by atoms with Crippen molar-refractivity contribution in [3.8, 4) is 11.4 Å². The Bertz CT molecular complexity index is 937. The van der Waals surface area contributed by atoms with E-state index < -0.39 is 11.6 Å². The largest absolute Gasteiger partial charge is 0.344 e. The van der Waals surface area contributed by atoms with Gasteiger partial charge in [0.15, 0.2) is 17.5 Å². The summed E-state index contributed by atoms with van der Waals surface area (Å²) in [5.74, 6) is -1.57. The number of rotatable bonds is 5. The molecule has 28 heavy (non-hydrogen) atoms. The molecule has 3 aromatic rings. The maximum atomic E-state index is 13.4. The molecule has 0 bridgehead atoms. The maximum absolute atomic E-state index is 13.4. The lowest BCUT2D eigenvalue weighted by Crippen LogP contribution is -2.47. The highest BCUT2D eigenvalue weighted by Crippen LogP contribution is 2.26. The average Bonchev–Trinajstić information content (AvgIpc) is 3.20. The third kappa shape index (κ3) is 4.34. The van der Waals surface area contributed by atoms with E-state index >= 15 is 0 Å². The third-order valence-electron chi connectivity index (χ3n) is 4.87. The lowest BCUT2D eigenvalue weighted by Gasteiger charge is -2.34. The van der Waals surface area contributed by atoms with Crippen LogP contribution >= 0.6 is 11.5 Å². The molecular formula is C20H19F3N4S. The lowest BCUT2D eigenvalue weighted by atomic mass is 10.1. The van der Waals surface area contributed by atoms with Gasteiger partial charge in [-0.05, 0) is 42.3 Å². The van der Waals surface area contributed by atoms with Crippen LogP contribution in [0.25, 0.3) is 11.4 Å². The fraction of sp³-hybridized carbons (Fsp3) is 0.300. The van der Waals surface area contributed by atoms with E-state index in [4.69, 9.17) is 0 Å². The summed E-state index contributed by atoms with van der Waals surface area (Å²) >= 11 is 1.27. The van der Waals surface area contributed by atoms with Crippen LogP contribution in [0.15, 0.2) is 42.5 Å². The Balaban J connectivity index is 1.32. The molecule has 1 aliphatic heterocycles. The van der Waals surface area contributed by atoms with Crippen molar-refractivity contribution in [1.82, 2.24) is 14.3 Å². The van der Waals surface area contributed by atoms with Gasteiger partial charge in [-0.1, -0.05) is 12.1 Å². The molecule has 0 radical (unpaired) electrons. The van der Waals surface area contributed by atoms with Crippen molar-refractivity contribution >= 4 is 16.7 Å². The summed E-state index contributed by atoms with van der Waals surface area (Å²) in [6, 6.07) is 10.3. The van der Waals surface area contributed by atoms with Crippen LogP contribution in [0.5, 0.6) is 0 Å². The summed E-state index contributed by atoms with van der Waals surface area (Å²) < 4.78 is 43.8. The first kappa shape index (κ1) is 18.9. The third-order valence-corrected chi connectivity index (χ3v) is 5.64. The molecule has 146 valence electrons. The number of aromatic nitrogens is 2. The van der Waals surface area contributed by atoms with Crippen LogP contribution in [0.2, 0.25) is 0 Å². The lowest BCUT2D eigenvalue weighted by molar-refractivity contribution is 0.261. The second-order valence-corrected chi connectivity index (χ2v) is 7.46. The zero-order valence-electron chi connectivity index (χ0n) is 15.1. The van der Waals surface area contributed by atoms with E-state index in [1.807, 2.05) is 12.1 Å². The Labute approximate surface area is 165 Å². The maximum Gasteiger partial charge on any atom is 0.205 e. The standard InChI is InChI=1S/C20H19F3N4S/c21-16-4-1-14(2-5-16)7-8-26-9-11-27(12-10-26)20-24-19(25-28-20)15-3-6-17(22)18(23)13-15/h1-6,13H,7-12H2. The molecule has 1 aromatic heterocycles. The highest BCUT2D eigenvalue weighted by atomic mass is 32.1. The molecule has 0 N–H and O–H groups in total. The fourth-order valence-corrected chi connectivity index (χ4v) is 3.94. The highest BCUT2D eigenvalue weighted by molar-refractivity contribution is 7.09. The molecule has 0 amide bonds. The second kappa shape index (κ2) is 8.28. The van der Waals surface area contributed by atoms with Crippen molar-refractivity contribution in [2.75, 3.05) is 37.6 Å². The number of hydrogen-bond acceptors (Lipinski definition) is 5. The summed E-state index contributed by atoms with van der Waals surface area (Å²) in [4.78, 5) is 9.03. The van der Waals surface area contributed by atoms with Crippen molar-refractivity contribution in [3.63, 3.8) is 0 Å². The molecule has 1 saturated heterocycles. The molecule has 0 aliphatic carbocycles. The number of anilines is 1. The van der Waals surface area contributed by atoms with E-state index in [1.165, 1.54) is 29.7 Å². The summed E-state index contributed by atoms with van der Waals surface area (Å²) in [7, 11) is 0. The molecule has 2 heterocycles. The van der Waals surface area contributed by atoms with Gasteiger partial charge in [0.2, 0.25) is 5.13 Å². The SMILES string of the molecule is Fc1ccc(CCN2CCN(c3nc(-c4ccc(F)c(F)c4)ns3)CC2)cc1. The molecule has 1 aliphatic rings. The van der Waals surface area contributed by atoms with Crippen molar-refractivity contribution < 1.29 is 13.2 Å². The minimum atomic E-state index is -0.899. The number of benzene rings is 2. The Morgan fingerprint density at radius 3 is 2.36 bits per heavy atom. The van der Waals surface area contributed by atoms with Crippen molar-refractivity contribution in [1.29, 1.82) is 0 Å². The van der Waals surface area contributed by atoms with Gasteiger partial charge in [0.25, 0.3) is 0 Å². The minimum absolute atomic E-state index is 0.211. The van der Waals surface area contributed by atoms with Crippen LogP contribution in [0.3, 0.4) is 0 Å². The topological polar surface area (TPSA) is 32.3 Å². The summed E-state index contributed by atoms with van der Waals surface area (Å²) in [5, 5.41) is 0.790. The smallest absolute Gasteiger partial charge is 0.205 e. The van der Waals surface area contributed by atoms with Crippen LogP contribution in [0.4, 0.5) is 18.3 Å². The van der Waals surface area contributed by atoms with E-state index in [9.17, 15) is 13.2 Å². The number of nitrogens with zero attached hydrogens (tertiary/aromatic N) is 4. The van der Waals surface area contributed by atoms with Gasteiger partial charge in [-0.3, -0.25) is 4.90 Å². The van der Waals surface area contributed by atoms with E-state index in [0.29, 0.717) is 11.4 Å². The van der Waals surface area contributed by atoms with Gasteiger partial charge in [-0.25, -0.2) is 13.2 Å². The van der Waals surface area contributed by atoms with Crippen LogP contribution in [0.1, 0.15) is 5.56 Å². The van der Waals surface area contributed by atoms with Gasteiger partial charge in [0.05, 0.1) is 0 Å². The Morgan fingerprint density at radius 1 is 0.893 bits per heavy atom. The van der Waals surface area contributed by atoms with E-state index in [2.05, 4.69) is 19.2 Å². The van der Waals surface area contributed by atoms with Crippen molar-refractivity contribution in [3.05, 3.63) is 65.5 Å². The number of piperazine rings is 1. The average molecular weight is 404 g/mol. The molecule has 0 atom stereocenters. The molecule has 0 unspecified atom stereocenters. The summed E-state index contributed by atoms with van der Waals surface area (Å²) in [6.07, 6.45) is 0.888. The normalized spacial score (nSPS) is 15.2. The second-order valence-electron chi connectivity index (χ2n) is 6.73. The summed E-state index contributed by atoms with van der Waals surface area (Å²) in [5.41, 5.74) is 1.60. The van der Waals surface area contributed by atoms with Crippen LogP contribution in [-0.4, -0.2) is 47.0 Å². The molecule has 2 aromatic carbocycles. The van der Waals surface area contributed by atoms with Gasteiger partial charge in [-0.2, -0.15) is 9.36 Å². The molecular weight excluding hydrogens is 385 g/mol. The first-order chi connectivity index (χ1) is 13.6. The molecule has 8 heteroatoms. The predicted octanol–water partition coefficient (Wildman–Crippen LogP) is 3.99. The summed E-state index contributed by atoms with van der Waals surface area (Å²) in [6.45, 7) is 4.39. The minimum Gasteiger partial charge on any atom is -0.344 e. The van der Waals surface area contributed by atoms with Crippen molar-refractivity contribution in [2.24, 2.45) is 0 Å². The van der Waals surface area contributed by atoms with E-state index in [-0.39, 0.29) is 5.82 Å². The van der Waals surface area contributed by atoms with Crippen LogP contribution in [0, 0.1) is 17.5 Å². The van der Waals surface area contributed by atoms with Crippen LogP contribution < -0.4 is 4.90 Å². The van der Waals surface area contributed by atoms with Gasteiger partial charge >= 0.3 is 0 Å². The molecule has 1 fully saturated rings.